The molecule has 1 atom stereocenters. The third kappa shape index (κ3) is 3.00. The smallest absolute Gasteiger partial charge is 0.256 e. The number of nitrogens with one attached hydrogen (secondary N) is 1. The van der Waals surface area contributed by atoms with Crippen molar-refractivity contribution in [2.24, 2.45) is 5.84 Å². The molecule has 1 aromatic carbocycles. The van der Waals surface area contributed by atoms with Gasteiger partial charge in [-0.25, -0.2) is 0 Å². The maximum absolute atomic E-state index is 12.8. The van der Waals surface area contributed by atoms with Crippen molar-refractivity contribution < 1.29 is 4.79 Å². The maximum Gasteiger partial charge on any atom is 0.256 e. The number of nitrogen functional groups attached to an aromatic ring is 1. The molecule has 6 heteroatoms. The minimum atomic E-state index is 0.00988. The molecule has 114 valence electrons. The lowest BCUT2D eigenvalue weighted by atomic mass is 9.99. The van der Waals surface area contributed by atoms with Crippen LogP contribution >= 0.6 is 11.6 Å². The van der Waals surface area contributed by atoms with Crippen molar-refractivity contribution in [3.8, 4) is 0 Å². The predicted molar refractivity (Wildman–Crippen MR) is 84.4 cm³/mol. The maximum atomic E-state index is 12.8. The molecule has 3 rings (SSSR count). The number of nitrogens with two attached hydrogens (primary N) is 1. The summed E-state index contributed by atoms with van der Waals surface area (Å²) in [5, 5.41) is 0.550. The number of hydrogen-bond acceptors (Lipinski definition) is 4. The van der Waals surface area contributed by atoms with Crippen LogP contribution in [0.15, 0.2) is 18.2 Å². The first-order valence-electron chi connectivity index (χ1n) is 7.48. The van der Waals surface area contributed by atoms with E-state index in [0.717, 1.165) is 19.6 Å². The van der Waals surface area contributed by atoms with E-state index in [4.69, 9.17) is 17.4 Å². The fourth-order valence-electron chi connectivity index (χ4n) is 3.33. The molecular weight excluding hydrogens is 288 g/mol. The average molecular weight is 309 g/mol. The lowest BCUT2D eigenvalue weighted by Crippen LogP contribution is -2.56. The second kappa shape index (κ2) is 6.22. The van der Waals surface area contributed by atoms with Gasteiger partial charge in [0.1, 0.15) is 0 Å². The number of carbonyl (C=O) groups excluding carboxylic acids is 1. The molecule has 1 amide bonds. The second-order valence-corrected chi connectivity index (χ2v) is 6.21. The first-order chi connectivity index (χ1) is 10.2. The summed E-state index contributed by atoms with van der Waals surface area (Å²) in [6.07, 6.45) is 3.72. The highest BCUT2D eigenvalue weighted by atomic mass is 35.5. The summed E-state index contributed by atoms with van der Waals surface area (Å²) in [7, 11) is 0. The number of nitrogens with zero attached hydrogens (tertiary/aromatic N) is 2. The molecule has 1 unspecified atom stereocenters. The average Bonchev–Trinajstić information content (AvgIpc) is 2.53. The standard InChI is InChI=1S/C15H21ClN4O/c16-11-4-5-14(18-17)13(9-11)15(21)20-8-7-19-6-2-1-3-12(19)10-20/h4-5,9,12,18H,1-3,6-8,10,17H2. The van der Waals surface area contributed by atoms with E-state index in [0.29, 0.717) is 22.3 Å². The van der Waals surface area contributed by atoms with Gasteiger partial charge in [0.05, 0.1) is 11.3 Å². The van der Waals surface area contributed by atoms with Gasteiger partial charge in [0.25, 0.3) is 5.91 Å². The van der Waals surface area contributed by atoms with Crippen LogP contribution < -0.4 is 11.3 Å². The summed E-state index contributed by atoms with van der Waals surface area (Å²) in [6.45, 7) is 3.70. The van der Waals surface area contributed by atoms with Crippen LogP contribution in [0.4, 0.5) is 5.69 Å². The number of halogens is 1. The Morgan fingerprint density at radius 1 is 1.29 bits per heavy atom. The molecule has 2 heterocycles. The molecule has 0 aromatic heterocycles. The summed E-state index contributed by atoms with van der Waals surface area (Å²) in [5.41, 5.74) is 3.75. The SMILES string of the molecule is NNc1ccc(Cl)cc1C(=O)N1CCN2CCCCC2C1. The van der Waals surface area contributed by atoms with Gasteiger partial charge in [0, 0.05) is 30.7 Å². The Morgan fingerprint density at radius 2 is 2.14 bits per heavy atom. The van der Waals surface area contributed by atoms with E-state index >= 15 is 0 Å². The van der Waals surface area contributed by atoms with Crippen molar-refractivity contribution in [3.63, 3.8) is 0 Å². The van der Waals surface area contributed by atoms with Crippen molar-refractivity contribution >= 4 is 23.2 Å². The molecule has 0 bridgehead atoms. The lowest BCUT2D eigenvalue weighted by Gasteiger charge is -2.44. The van der Waals surface area contributed by atoms with E-state index in [-0.39, 0.29) is 5.91 Å². The molecule has 21 heavy (non-hydrogen) atoms. The molecule has 2 aliphatic rings. The Morgan fingerprint density at radius 3 is 2.95 bits per heavy atom. The Labute approximate surface area is 130 Å². The van der Waals surface area contributed by atoms with Gasteiger partial charge in [-0.2, -0.15) is 0 Å². The Balaban J connectivity index is 1.77. The van der Waals surface area contributed by atoms with Gasteiger partial charge in [-0.15, -0.1) is 0 Å². The van der Waals surface area contributed by atoms with E-state index in [9.17, 15) is 4.79 Å². The number of carbonyl (C=O) groups is 1. The van der Waals surface area contributed by atoms with Crippen LogP contribution in [0.1, 0.15) is 29.6 Å². The normalized spacial score (nSPS) is 22.8. The van der Waals surface area contributed by atoms with Crippen LogP contribution in [-0.4, -0.2) is 47.9 Å². The predicted octanol–water partition coefficient (Wildman–Crippen LogP) is 1.94. The van der Waals surface area contributed by atoms with Crippen LogP contribution in [0.5, 0.6) is 0 Å². The van der Waals surface area contributed by atoms with Crippen molar-refractivity contribution in [1.29, 1.82) is 0 Å². The number of anilines is 1. The minimum Gasteiger partial charge on any atom is -0.336 e. The third-order valence-corrected chi connectivity index (χ3v) is 4.73. The number of benzene rings is 1. The summed E-state index contributed by atoms with van der Waals surface area (Å²) >= 11 is 6.02. The molecule has 3 N–H and O–H groups in total. The minimum absolute atomic E-state index is 0.00988. The van der Waals surface area contributed by atoms with Gasteiger partial charge in [0.2, 0.25) is 0 Å². The summed E-state index contributed by atoms with van der Waals surface area (Å²) < 4.78 is 0. The molecule has 1 aromatic rings. The molecule has 2 saturated heterocycles. The lowest BCUT2D eigenvalue weighted by molar-refractivity contribution is 0.0373. The summed E-state index contributed by atoms with van der Waals surface area (Å²) in [6, 6.07) is 5.66. The quantitative estimate of drug-likeness (QED) is 0.647. The van der Waals surface area contributed by atoms with Crippen LogP contribution in [0.25, 0.3) is 0 Å². The van der Waals surface area contributed by atoms with Crippen molar-refractivity contribution in [2.45, 2.75) is 25.3 Å². The number of hydrazine groups is 1. The van der Waals surface area contributed by atoms with Crippen LogP contribution in [0, 0.1) is 0 Å². The number of rotatable bonds is 2. The van der Waals surface area contributed by atoms with Crippen molar-refractivity contribution in [1.82, 2.24) is 9.80 Å². The van der Waals surface area contributed by atoms with Gasteiger partial charge >= 0.3 is 0 Å². The Hall–Kier alpha value is -1.30. The highest BCUT2D eigenvalue weighted by molar-refractivity contribution is 6.31. The Bertz CT molecular complexity index is 536. The molecular formula is C15H21ClN4O. The molecule has 0 saturated carbocycles. The largest absolute Gasteiger partial charge is 0.336 e. The highest BCUT2D eigenvalue weighted by Gasteiger charge is 2.31. The van der Waals surface area contributed by atoms with Crippen molar-refractivity contribution in [3.05, 3.63) is 28.8 Å². The van der Waals surface area contributed by atoms with E-state index in [2.05, 4.69) is 10.3 Å². The highest BCUT2D eigenvalue weighted by Crippen LogP contribution is 2.25. The van der Waals surface area contributed by atoms with Crippen LogP contribution in [0.2, 0.25) is 5.02 Å². The van der Waals surface area contributed by atoms with Gasteiger partial charge in [0.15, 0.2) is 0 Å². The summed E-state index contributed by atoms with van der Waals surface area (Å²) in [4.78, 5) is 17.2. The molecule has 2 fully saturated rings. The molecule has 0 spiro atoms. The summed E-state index contributed by atoms with van der Waals surface area (Å²) in [5.74, 6) is 5.51. The van der Waals surface area contributed by atoms with Gasteiger partial charge in [-0.3, -0.25) is 15.5 Å². The molecule has 0 radical (unpaired) electrons. The second-order valence-electron chi connectivity index (χ2n) is 5.77. The van der Waals surface area contributed by atoms with E-state index in [1.54, 1.807) is 18.2 Å². The van der Waals surface area contributed by atoms with Crippen LogP contribution in [-0.2, 0) is 0 Å². The Kier molecular flexibility index (Phi) is 4.33. The third-order valence-electron chi connectivity index (χ3n) is 4.49. The number of hydrogen-bond donors (Lipinski definition) is 2. The topological polar surface area (TPSA) is 61.6 Å². The van der Waals surface area contributed by atoms with Gasteiger partial charge in [-0.05, 0) is 37.6 Å². The monoisotopic (exact) mass is 308 g/mol. The zero-order valence-electron chi connectivity index (χ0n) is 12.0. The number of amides is 1. The van der Waals surface area contributed by atoms with E-state index in [1.807, 2.05) is 4.90 Å². The van der Waals surface area contributed by atoms with Gasteiger partial charge in [-0.1, -0.05) is 18.0 Å². The number of piperazine rings is 1. The fourth-order valence-corrected chi connectivity index (χ4v) is 3.50. The first kappa shape index (κ1) is 14.6. The molecule has 2 aliphatic heterocycles. The van der Waals surface area contributed by atoms with Crippen molar-refractivity contribution in [2.75, 3.05) is 31.6 Å². The van der Waals surface area contributed by atoms with Crippen LogP contribution in [0.3, 0.4) is 0 Å². The zero-order chi connectivity index (χ0) is 14.8. The van der Waals surface area contributed by atoms with Gasteiger partial charge < -0.3 is 10.3 Å². The number of piperidine rings is 1. The first-order valence-corrected chi connectivity index (χ1v) is 7.86. The fraction of sp³-hybridized carbons (Fsp3) is 0.533. The van der Waals surface area contributed by atoms with E-state index < -0.39 is 0 Å². The molecule has 0 aliphatic carbocycles. The van der Waals surface area contributed by atoms with E-state index in [1.165, 1.54) is 25.8 Å². The zero-order valence-corrected chi connectivity index (χ0v) is 12.8. The molecule has 5 nitrogen and oxygen atoms in total. The number of fused-ring (bicyclic) bond motifs is 1.